The highest BCUT2D eigenvalue weighted by atomic mass is 19.4. The third kappa shape index (κ3) is 4.76. The number of carbonyl (C=O) groups excluding carboxylic acids is 1. The van der Waals surface area contributed by atoms with Crippen LogP contribution in [-0.4, -0.2) is 49.7 Å². The molecule has 0 bridgehead atoms. The summed E-state index contributed by atoms with van der Waals surface area (Å²) in [4.78, 5) is 22.5. The summed E-state index contributed by atoms with van der Waals surface area (Å²) in [7, 11) is 0. The second-order valence-corrected chi connectivity index (χ2v) is 6.48. The van der Waals surface area contributed by atoms with E-state index in [1.54, 1.807) is 47.2 Å². The molecule has 30 heavy (non-hydrogen) atoms. The zero-order chi connectivity index (χ0) is 21.7. The van der Waals surface area contributed by atoms with Crippen molar-refractivity contribution in [3.63, 3.8) is 0 Å². The standard InChI is InChI=1S/C20H20F3N5O2/c1-3-27(14(2)13-30-18-6-5-15(11-25-18)20(21,22)23)19(29)16-12-24-9-7-17(16)28-10-4-8-26-28/h4-12,14H,3,13H2,1-2H3/t14-/m0/s1. The van der Waals surface area contributed by atoms with Gasteiger partial charge in [0.2, 0.25) is 5.88 Å². The third-order valence-corrected chi connectivity index (χ3v) is 4.45. The SMILES string of the molecule is CCN(C(=O)c1cnccc1-n1cccn1)[C@@H](C)COc1ccc(C(F)(F)F)cn1. The number of halogens is 3. The molecule has 0 saturated heterocycles. The molecule has 0 aliphatic heterocycles. The first-order valence-corrected chi connectivity index (χ1v) is 9.22. The van der Waals surface area contributed by atoms with Gasteiger partial charge in [0, 0.05) is 43.6 Å². The molecule has 0 radical (unpaired) electrons. The molecule has 3 aromatic heterocycles. The second kappa shape index (κ2) is 8.93. The number of ether oxygens (including phenoxy) is 1. The summed E-state index contributed by atoms with van der Waals surface area (Å²) < 4.78 is 45.0. The van der Waals surface area contributed by atoms with Crippen LogP contribution in [0.15, 0.2) is 55.2 Å². The van der Waals surface area contributed by atoms with Crippen LogP contribution in [0.5, 0.6) is 5.88 Å². The van der Waals surface area contributed by atoms with E-state index < -0.39 is 11.7 Å². The molecule has 0 N–H and O–H groups in total. The van der Waals surface area contributed by atoms with Crippen LogP contribution in [-0.2, 0) is 6.18 Å². The number of amides is 1. The van der Waals surface area contributed by atoms with E-state index in [-0.39, 0.29) is 24.4 Å². The van der Waals surface area contributed by atoms with E-state index in [9.17, 15) is 18.0 Å². The van der Waals surface area contributed by atoms with E-state index >= 15 is 0 Å². The van der Waals surface area contributed by atoms with Crippen molar-refractivity contribution in [1.82, 2.24) is 24.6 Å². The van der Waals surface area contributed by atoms with Crippen LogP contribution in [0.1, 0.15) is 29.8 Å². The van der Waals surface area contributed by atoms with E-state index in [2.05, 4.69) is 15.1 Å². The van der Waals surface area contributed by atoms with Crippen LogP contribution in [0.25, 0.3) is 5.69 Å². The van der Waals surface area contributed by atoms with Gasteiger partial charge in [-0.25, -0.2) is 9.67 Å². The third-order valence-electron chi connectivity index (χ3n) is 4.45. The number of pyridine rings is 2. The Hall–Kier alpha value is -3.43. The number of nitrogens with zero attached hydrogens (tertiary/aromatic N) is 5. The molecule has 0 saturated carbocycles. The molecule has 0 fully saturated rings. The number of hydrogen-bond donors (Lipinski definition) is 0. The van der Waals surface area contributed by atoms with Gasteiger partial charge in [0.05, 0.1) is 22.9 Å². The molecule has 0 aliphatic carbocycles. The summed E-state index contributed by atoms with van der Waals surface area (Å²) in [5.74, 6) is -0.204. The van der Waals surface area contributed by atoms with Gasteiger partial charge in [0.1, 0.15) is 6.61 Å². The first-order chi connectivity index (χ1) is 14.3. The van der Waals surface area contributed by atoms with E-state index in [4.69, 9.17) is 4.74 Å². The molecule has 1 amide bonds. The molecule has 10 heteroatoms. The molecule has 158 valence electrons. The number of alkyl halides is 3. The van der Waals surface area contributed by atoms with Crippen LogP contribution in [0.2, 0.25) is 0 Å². The Kier molecular flexibility index (Phi) is 6.34. The van der Waals surface area contributed by atoms with Gasteiger partial charge in [-0.2, -0.15) is 18.3 Å². The Labute approximate surface area is 171 Å². The van der Waals surface area contributed by atoms with E-state index in [0.717, 1.165) is 18.3 Å². The zero-order valence-electron chi connectivity index (χ0n) is 16.4. The fraction of sp³-hybridized carbons (Fsp3) is 0.300. The topological polar surface area (TPSA) is 73.1 Å². The molecule has 3 rings (SSSR count). The van der Waals surface area contributed by atoms with Gasteiger partial charge in [-0.15, -0.1) is 0 Å². The molecule has 0 aromatic carbocycles. The Bertz CT molecular complexity index is 975. The van der Waals surface area contributed by atoms with Crippen molar-refractivity contribution < 1.29 is 22.7 Å². The van der Waals surface area contributed by atoms with Crippen molar-refractivity contribution in [3.05, 3.63) is 66.4 Å². The smallest absolute Gasteiger partial charge is 0.417 e. The lowest BCUT2D eigenvalue weighted by atomic mass is 10.1. The lowest BCUT2D eigenvalue weighted by molar-refractivity contribution is -0.137. The minimum atomic E-state index is -4.46. The maximum atomic E-state index is 13.1. The van der Waals surface area contributed by atoms with Gasteiger partial charge in [-0.3, -0.25) is 9.78 Å². The maximum Gasteiger partial charge on any atom is 0.417 e. The number of aromatic nitrogens is 4. The fourth-order valence-corrected chi connectivity index (χ4v) is 2.90. The van der Waals surface area contributed by atoms with Crippen molar-refractivity contribution in [2.45, 2.75) is 26.1 Å². The average Bonchev–Trinajstić information content (AvgIpc) is 3.27. The largest absolute Gasteiger partial charge is 0.475 e. The first-order valence-electron chi connectivity index (χ1n) is 9.22. The van der Waals surface area contributed by atoms with E-state index in [0.29, 0.717) is 17.8 Å². The number of hydrogen-bond acceptors (Lipinski definition) is 5. The molecule has 0 unspecified atom stereocenters. The molecule has 7 nitrogen and oxygen atoms in total. The molecular weight excluding hydrogens is 399 g/mol. The maximum absolute atomic E-state index is 13.1. The normalized spacial score (nSPS) is 12.4. The molecule has 1 atom stereocenters. The van der Waals surface area contributed by atoms with Gasteiger partial charge in [-0.05, 0) is 32.0 Å². The Morgan fingerprint density at radius 2 is 2.03 bits per heavy atom. The van der Waals surface area contributed by atoms with Crippen molar-refractivity contribution in [3.8, 4) is 11.6 Å². The van der Waals surface area contributed by atoms with Crippen molar-refractivity contribution in [2.75, 3.05) is 13.2 Å². The highest BCUT2D eigenvalue weighted by molar-refractivity contribution is 5.97. The van der Waals surface area contributed by atoms with E-state index in [1.165, 1.54) is 6.20 Å². The second-order valence-electron chi connectivity index (χ2n) is 6.48. The van der Waals surface area contributed by atoms with Crippen LogP contribution in [0.4, 0.5) is 13.2 Å². The summed E-state index contributed by atoms with van der Waals surface area (Å²) in [5, 5.41) is 4.16. The average molecular weight is 419 g/mol. The highest BCUT2D eigenvalue weighted by Gasteiger charge is 2.31. The van der Waals surface area contributed by atoms with E-state index in [1.807, 2.05) is 6.92 Å². The summed E-state index contributed by atoms with van der Waals surface area (Å²) >= 11 is 0. The summed E-state index contributed by atoms with van der Waals surface area (Å²) in [6, 6.07) is 5.14. The summed E-state index contributed by atoms with van der Waals surface area (Å²) in [6.07, 6.45) is 2.65. The Morgan fingerprint density at radius 3 is 2.63 bits per heavy atom. The molecule has 3 aromatic rings. The quantitative estimate of drug-likeness (QED) is 0.585. The van der Waals surface area contributed by atoms with Crippen LogP contribution < -0.4 is 4.74 Å². The minimum Gasteiger partial charge on any atom is -0.475 e. The predicted molar refractivity (Wildman–Crippen MR) is 102 cm³/mol. The van der Waals surface area contributed by atoms with Crippen LogP contribution >= 0.6 is 0 Å². The van der Waals surface area contributed by atoms with Gasteiger partial charge >= 0.3 is 6.18 Å². The summed E-state index contributed by atoms with van der Waals surface area (Å²) in [5.41, 5.74) is 0.120. The fourth-order valence-electron chi connectivity index (χ4n) is 2.90. The molecular formula is C20H20F3N5O2. The lowest BCUT2D eigenvalue weighted by Gasteiger charge is -2.28. The monoisotopic (exact) mass is 419 g/mol. The predicted octanol–water partition coefficient (Wildman–Crippen LogP) is 3.61. The number of carbonyl (C=O) groups is 1. The highest BCUT2D eigenvalue weighted by Crippen LogP contribution is 2.29. The Balaban J connectivity index is 1.71. The van der Waals surface area contributed by atoms with Gasteiger partial charge in [-0.1, -0.05) is 0 Å². The van der Waals surface area contributed by atoms with Crippen molar-refractivity contribution in [2.24, 2.45) is 0 Å². The lowest BCUT2D eigenvalue weighted by Crippen LogP contribution is -2.42. The van der Waals surface area contributed by atoms with Gasteiger partial charge in [0.25, 0.3) is 5.91 Å². The first kappa shape index (κ1) is 21.3. The number of likely N-dealkylation sites (N-methyl/N-ethyl adjacent to an activating group) is 1. The van der Waals surface area contributed by atoms with Crippen molar-refractivity contribution in [1.29, 1.82) is 0 Å². The Morgan fingerprint density at radius 1 is 1.23 bits per heavy atom. The minimum absolute atomic E-state index is 0.0527. The van der Waals surface area contributed by atoms with Crippen LogP contribution in [0, 0.1) is 0 Å². The summed E-state index contributed by atoms with van der Waals surface area (Å²) in [6.45, 7) is 4.08. The van der Waals surface area contributed by atoms with Gasteiger partial charge < -0.3 is 9.64 Å². The number of rotatable bonds is 7. The zero-order valence-corrected chi connectivity index (χ0v) is 16.4. The van der Waals surface area contributed by atoms with Crippen molar-refractivity contribution >= 4 is 5.91 Å². The molecule has 0 spiro atoms. The molecule has 3 heterocycles. The van der Waals surface area contributed by atoms with Crippen LogP contribution in [0.3, 0.4) is 0 Å². The van der Waals surface area contributed by atoms with Gasteiger partial charge in [0.15, 0.2) is 0 Å². The molecule has 0 aliphatic rings.